The summed E-state index contributed by atoms with van der Waals surface area (Å²) in [6, 6.07) is 5.45. The van der Waals surface area contributed by atoms with E-state index >= 15 is 0 Å². The second kappa shape index (κ2) is 4.28. The number of fused-ring (bicyclic) bond motifs is 1. The Balaban J connectivity index is 1.73. The van der Waals surface area contributed by atoms with Crippen molar-refractivity contribution in [2.75, 3.05) is 6.61 Å². The van der Waals surface area contributed by atoms with E-state index in [4.69, 9.17) is 9.37 Å². The Morgan fingerprint density at radius 2 is 1.91 bits per heavy atom. The topological polar surface area (TPSA) is 94.3 Å². The van der Waals surface area contributed by atoms with Crippen LogP contribution in [-0.2, 0) is 14.3 Å². The molecule has 2 aromatic rings. The van der Waals surface area contributed by atoms with E-state index in [1.807, 2.05) is 12.1 Å². The lowest BCUT2D eigenvalue weighted by Crippen LogP contribution is -2.26. The van der Waals surface area contributed by atoms with Crippen LogP contribution in [-0.4, -0.2) is 28.7 Å². The highest BCUT2D eigenvalue weighted by Crippen LogP contribution is 2.45. The molecule has 7 heteroatoms. The molecular weight excluding hydrogens is 298 g/mol. The van der Waals surface area contributed by atoms with Gasteiger partial charge in [0.25, 0.3) is 0 Å². The number of hydrogen-bond donors (Lipinski definition) is 1. The van der Waals surface area contributed by atoms with Crippen molar-refractivity contribution in [1.82, 2.24) is 15.6 Å². The predicted octanol–water partition coefficient (Wildman–Crippen LogP) is 1.34. The number of nitrogens with one attached hydrogen (secondary N) is 1. The van der Waals surface area contributed by atoms with Crippen LogP contribution in [0.3, 0.4) is 0 Å². The van der Waals surface area contributed by atoms with Gasteiger partial charge >= 0.3 is 5.97 Å². The van der Waals surface area contributed by atoms with E-state index in [1.54, 1.807) is 6.07 Å². The van der Waals surface area contributed by atoms with Crippen molar-refractivity contribution >= 4 is 22.8 Å². The SMILES string of the molecule is O=C1CCC2=C1C(c1ccc3nonc3c1)C1=C(COC1=O)N2. The number of aromatic nitrogens is 2. The highest BCUT2D eigenvalue weighted by molar-refractivity contribution is 6.06. The van der Waals surface area contributed by atoms with Gasteiger partial charge in [0.15, 0.2) is 5.78 Å². The van der Waals surface area contributed by atoms with Gasteiger partial charge in [0.2, 0.25) is 0 Å². The molecule has 23 heavy (non-hydrogen) atoms. The number of ether oxygens (including phenoxy) is 1. The summed E-state index contributed by atoms with van der Waals surface area (Å²) in [6.07, 6.45) is 1.14. The molecule has 0 fully saturated rings. The lowest BCUT2D eigenvalue weighted by Gasteiger charge is -2.25. The molecule has 1 unspecified atom stereocenters. The van der Waals surface area contributed by atoms with Crippen molar-refractivity contribution in [3.8, 4) is 0 Å². The second-order valence-electron chi connectivity index (χ2n) is 5.85. The predicted molar refractivity (Wildman–Crippen MR) is 76.9 cm³/mol. The Bertz CT molecular complexity index is 913. The number of cyclic esters (lactones) is 1. The Kier molecular flexibility index (Phi) is 2.34. The summed E-state index contributed by atoms with van der Waals surface area (Å²) in [5, 5.41) is 10.9. The molecule has 0 saturated carbocycles. The fourth-order valence-corrected chi connectivity index (χ4v) is 3.59. The van der Waals surface area contributed by atoms with Crippen molar-refractivity contribution < 1.29 is 19.0 Å². The fourth-order valence-electron chi connectivity index (χ4n) is 3.59. The van der Waals surface area contributed by atoms with E-state index in [2.05, 4.69) is 15.6 Å². The molecule has 3 heterocycles. The Hall–Kier alpha value is -2.96. The van der Waals surface area contributed by atoms with Gasteiger partial charge in [0.05, 0.1) is 11.3 Å². The zero-order chi connectivity index (χ0) is 15.6. The zero-order valence-corrected chi connectivity index (χ0v) is 12.0. The minimum absolute atomic E-state index is 0.0714. The minimum atomic E-state index is -0.410. The quantitative estimate of drug-likeness (QED) is 0.794. The van der Waals surface area contributed by atoms with Gasteiger partial charge in [-0.05, 0) is 34.4 Å². The molecular formula is C16H11N3O4. The molecule has 0 bridgehead atoms. The average Bonchev–Trinajstić information content (AvgIpc) is 3.25. The third-order valence-electron chi connectivity index (χ3n) is 4.61. The van der Waals surface area contributed by atoms with Crippen LogP contribution >= 0.6 is 0 Å². The van der Waals surface area contributed by atoms with Gasteiger partial charge in [0.1, 0.15) is 17.6 Å². The first kappa shape index (κ1) is 12.6. The van der Waals surface area contributed by atoms with Gasteiger partial charge in [-0.25, -0.2) is 9.42 Å². The summed E-state index contributed by atoms with van der Waals surface area (Å²) in [7, 11) is 0. The molecule has 1 aliphatic carbocycles. The number of carbonyl (C=O) groups is 2. The van der Waals surface area contributed by atoms with Gasteiger partial charge in [-0.15, -0.1) is 0 Å². The molecule has 5 rings (SSSR count). The van der Waals surface area contributed by atoms with Gasteiger partial charge in [-0.2, -0.15) is 0 Å². The number of allylic oxidation sites excluding steroid dienone is 2. The van der Waals surface area contributed by atoms with Crippen LogP contribution < -0.4 is 5.32 Å². The summed E-state index contributed by atoms with van der Waals surface area (Å²) < 4.78 is 9.89. The smallest absolute Gasteiger partial charge is 0.337 e. The number of carbonyl (C=O) groups excluding carboxylic acids is 2. The molecule has 0 saturated heterocycles. The normalized spacial score (nSPS) is 23.2. The first-order chi connectivity index (χ1) is 11.2. The van der Waals surface area contributed by atoms with Gasteiger partial charge in [-0.1, -0.05) is 6.07 Å². The van der Waals surface area contributed by atoms with E-state index in [0.29, 0.717) is 35.0 Å². The number of hydrogen-bond acceptors (Lipinski definition) is 7. The molecule has 1 aromatic carbocycles. The van der Waals surface area contributed by atoms with Crippen LogP contribution in [0.5, 0.6) is 0 Å². The fraction of sp³-hybridized carbons (Fsp3) is 0.250. The molecule has 1 N–H and O–H groups in total. The van der Waals surface area contributed by atoms with Crippen molar-refractivity contribution in [3.63, 3.8) is 0 Å². The maximum atomic E-state index is 12.4. The highest BCUT2D eigenvalue weighted by atomic mass is 16.6. The summed E-state index contributed by atoms with van der Waals surface area (Å²) in [5.41, 5.74) is 4.90. The minimum Gasteiger partial charge on any atom is -0.456 e. The van der Waals surface area contributed by atoms with Crippen molar-refractivity contribution in [2.24, 2.45) is 0 Å². The lowest BCUT2D eigenvalue weighted by atomic mass is 9.81. The Labute approximate surface area is 129 Å². The number of Topliss-reactive ketones (excluding diaryl/α,β-unsaturated/α-hetero) is 1. The molecule has 114 valence electrons. The number of esters is 1. The Morgan fingerprint density at radius 1 is 1.04 bits per heavy atom. The summed E-state index contributed by atoms with van der Waals surface area (Å²) in [5.74, 6) is -0.711. The van der Waals surface area contributed by atoms with Crippen LogP contribution in [0.4, 0.5) is 0 Å². The van der Waals surface area contributed by atoms with Gasteiger partial charge in [-0.3, -0.25) is 4.79 Å². The largest absolute Gasteiger partial charge is 0.456 e. The lowest BCUT2D eigenvalue weighted by molar-refractivity contribution is -0.136. The second-order valence-corrected chi connectivity index (χ2v) is 5.85. The Morgan fingerprint density at radius 3 is 2.83 bits per heavy atom. The summed E-state index contributed by atoms with van der Waals surface area (Å²) in [4.78, 5) is 24.6. The first-order valence-electron chi connectivity index (χ1n) is 7.38. The highest BCUT2D eigenvalue weighted by Gasteiger charge is 2.43. The first-order valence-corrected chi connectivity index (χ1v) is 7.38. The molecule has 7 nitrogen and oxygen atoms in total. The van der Waals surface area contributed by atoms with E-state index in [0.717, 1.165) is 17.0 Å². The van der Waals surface area contributed by atoms with E-state index in [-0.39, 0.29) is 18.4 Å². The van der Waals surface area contributed by atoms with E-state index < -0.39 is 5.92 Å². The number of nitrogens with zero attached hydrogens (tertiary/aromatic N) is 2. The third-order valence-corrected chi connectivity index (χ3v) is 4.61. The number of ketones is 1. The molecule has 3 aliphatic rings. The van der Waals surface area contributed by atoms with Gasteiger partial charge < -0.3 is 10.1 Å². The van der Waals surface area contributed by atoms with Crippen molar-refractivity contribution in [3.05, 3.63) is 46.3 Å². The van der Waals surface area contributed by atoms with E-state index in [1.165, 1.54) is 0 Å². The monoisotopic (exact) mass is 309 g/mol. The van der Waals surface area contributed by atoms with Crippen LogP contribution in [0.1, 0.15) is 24.3 Å². The number of rotatable bonds is 1. The molecule has 0 radical (unpaired) electrons. The average molecular weight is 309 g/mol. The standard InChI is InChI=1S/C16H11N3O4/c20-12-4-3-9-14(12)13(15-11(17-9)6-22-16(15)21)7-1-2-8-10(5-7)19-23-18-8/h1-2,5,13,17H,3-4,6H2. The zero-order valence-electron chi connectivity index (χ0n) is 12.0. The van der Waals surface area contributed by atoms with Crippen molar-refractivity contribution in [2.45, 2.75) is 18.8 Å². The maximum Gasteiger partial charge on any atom is 0.337 e. The maximum absolute atomic E-state index is 12.4. The molecule has 0 spiro atoms. The summed E-state index contributed by atoms with van der Waals surface area (Å²) >= 11 is 0. The van der Waals surface area contributed by atoms with Crippen LogP contribution in [0.15, 0.2) is 45.4 Å². The van der Waals surface area contributed by atoms with Crippen LogP contribution in [0.25, 0.3) is 11.0 Å². The molecule has 0 amide bonds. The van der Waals surface area contributed by atoms with E-state index in [9.17, 15) is 9.59 Å². The number of benzene rings is 1. The van der Waals surface area contributed by atoms with Crippen molar-refractivity contribution in [1.29, 1.82) is 0 Å². The molecule has 1 atom stereocenters. The molecule has 2 aliphatic heterocycles. The molecule has 1 aromatic heterocycles. The van der Waals surface area contributed by atoms with Crippen LogP contribution in [0.2, 0.25) is 0 Å². The third kappa shape index (κ3) is 1.64. The van der Waals surface area contributed by atoms with Crippen LogP contribution in [0, 0.1) is 0 Å². The number of dihydropyridines is 1. The summed E-state index contributed by atoms with van der Waals surface area (Å²) in [6.45, 7) is 0.226. The van der Waals surface area contributed by atoms with Gasteiger partial charge in [0, 0.05) is 23.6 Å².